The number of hydrogen-bond donors (Lipinski definition) is 2. The average Bonchev–Trinajstić information content (AvgIpc) is 3.07. The van der Waals surface area contributed by atoms with Gasteiger partial charge < -0.3 is 19.2 Å². The quantitative estimate of drug-likeness (QED) is 0.804. The molecule has 0 radical (unpaired) electrons. The predicted octanol–water partition coefficient (Wildman–Crippen LogP) is 2.75. The van der Waals surface area contributed by atoms with Gasteiger partial charge in [0.2, 0.25) is 0 Å². The largest absolute Gasteiger partial charge is 0.493 e. The normalized spacial score (nSPS) is 10.0. The molecule has 122 valence electrons. The molecule has 1 aromatic carbocycles. The van der Waals surface area contributed by atoms with Gasteiger partial charge in [0.05, 0.1) is 20.5 Å². The summed E-state index contributed by atoms with van der Waals surface area (Å²) >= 11 is 11.3. The molecule has 1 heterocycles. The van der Waals surface area contributed by atoms with Crippen LogP contribution in [0.25, 0.3) is 0 Å². The summed E-state index contributed by atoms with van der Waals surface area (Å²) in [6, 6.07) is 6.56. The Hall–Kier alpha value is -2.25. The second-order valence-electron chi connectivity index (χ2n) is 4.41. The van der Waals surface area contributed by atoms with Gasteiger partial charge in [-0.25, -0.2) is 0 Å². The third-order valence-electron chi connectivity index (χ3n) is 2.96. The summed E-state index contributed by atoms with van der Waals surface area (Å²) in [5, 5.41) is 6.07. The van der Waals surface area contributed by atoms with Gasteiger partial charge in [-0.3, -0.25) is 10.1 Å². The van der Waals surface area contributed by atoms with Crippen LogP contribution in [-0.2, 0) is 6.54 Å². The molecule has 0 unspecified atom stereocenters. The molecule has 6 nitrogen and oxygen atoms in total. The molecule has 0 fully saturated rings. The van der Waals surface area contributed by atoms with Crippen LogP contribution in [0.5, 0.6) is 11.5 Å². The lowest BCUT2D eigenvalue weighted by molar-refractivity contribution is 0.0949. The molecular formula is C15H15ClN2O4S. The molecule has 1 amide bonds. The Morgan fingerprint density at radius 3 is 2.61 bits per heavy atom. The van der Waals surface area contributed by atoms with Gasteiger partial charge in [0.15, 0.2) is 22.4 Å². The van der Waals surface area contributed by atoms with Gasteiger partial charge in [0.25, 0.3) is 5.91 Å². The Morgan fingerprint density at radius 2 is 2.00 bits per heavy atom. The number of hydrogen-bond acceptors (Lipinski definition) is 5. The van der Waals surface area contributed by atoms with Crippen LogP contribution in [0.1, 0.15) is 16.1 Å². The Kier molecular flexibility index (Phi) is 5.84. The van der Waals surface area contributed by atoms with E-state index in [1.807, 2.05) is 0 Å². The highest BCUT2D eigenvalue weighted by molar-refractivity contribution is 7.80. The fourth-order valence-corrected chi connectivity index (χ4v) is 2.21. The van der Waals surface area contributed by atoms with E-state index in [9.17, 15) is 4.79 Å². The monoisotopic (exact) mass is 354 g/mol. The van der Waals surface area contributed by atoms with Crippen molar-refractivity contribution in [1.82, 2.24) is 10.6 Å². The maximum atomic E-state index is 11.8. The minimum Gasteiger partial charge on any atom is -0.493 e. The van der Waals surface area contributed by atoms with E-state index < -0.39 is 5.91 Å². The molecule has 2 aromatic rings. The number of furan rings is 1. The lowest BCUT2D eigenvalue weighted by Gasteiger charge is -2.13. The van der Waals surface area contributed by atoms with E-state index in [0.29, 0.717) is 23.1 Å². The summed E-state index contributed by atoms with van der Waals surface area (Å²) in [7, 11) is 3.07. The van der Waals surface area contributed by atoms with Gasteiger partial charge in [-0.15, -0.1) is 0 Å². The maximum absolute atomic E-state index is 11.8. The number of benzene rings is 1. The third-order valence-corrected chi connectivity index (χ3v) is 3.56. The molecule has 2 rings (SSSR count). The molecule has 2 N–H and O–H groups in total. The molecule has 0 spiro atoms. The number of nitrogens with one attached hydrogen (secondary N) is 2. The summed E-state index contributed by atoms with van der Waals surface area (Å²) < 4.78 is 15.4. The zero-order chi connectivity index (χ0) is 16.8. The molecule has 0 aliphatic heterocycles. The number of halogens is 1. The van der Waals surface area contributed by atoms with Crippen LogP contribution in [0, 0.1) is 0 Å². The molecule has 0 aliphatic rings. The van der Waals surface area contributed by atoms with E-state index in [1.54, 1.807) is 24.3 Å². The van der Waals surface area contributed by atoms with Crippen molar-refractivity contribution in [3.8, 4) is 11.5 Å². The Balaban J connectivity index is 1.97. The number of methoxy groups -OCH3 is 2. The smallest absolute Gasteiger partial charge is 0.293 e. The molecule has 0 atom stereocenters. The zero-order valence-corrected chi connectivity index (χ0v) is 14.1. The second-order valence-corrected chi connectivity index (χ2v) is 5.23. The van der Waals surface area contributed by atoms with E-state index in [1.165, 1.54) is 20.5 Å². The SMILES string of the molecule is COc1cc(Cl)c(CNC(=S)NC(=O)c2ccco2)cc1OC. The van der Waals surface area contributed by atoms with Crippen LogP contribution in [0.3, 0.4) is 0 Å². The number of amides is 1. The lowest BCUT2D eigenvalue weighted by Crippen LogP contribution is -2.38. The highest BCUT2D eigenvalue weighted by Gasteiger charge is 2.12. The van der Waals surface area contributed by atoms with E-state index >= 15 is 0 Å². The molecule has 0 saturated heterocycles. The second kappa shape index (κ2) is 7.85. The van der Waals surface area contributed by atoms with Gasteiger partial charge in [-0.05, 0) is 36.0 Å². The van der Waals surface area contributed by atoms with Gasteiger partial charge >= 0.3 is 0 Å². The molecule has 0 saturated carbocycles. The summed E-state index contributed by atoms with van der Waals surface area (Å²) in [6.45, 7) is 0.316. The van der Waals surface area contributed by atoms with Crippen molar-refractivity contribution in [3.63, 3.8) is 0 Å². The number of ether oxygens (including phenoxy) is 2. The van der Waals surface area contributed by atoms with E-state index in [4.69, 9.17) is 37.7 Å². The first-order chi connectivity index (χ1) is 11.0. The predicted molar refractivity (Wildman–Crippen MR) is 90.2 cm³/mol. The van der Waals surface area contributed by atoms with E-state index in [-0.39, 0.29) is 10.9 Å². The summed E-state index contributed by atoms with van der Waals surface area (Å²) in [4.78, 5) is 11.8. The molecule has 8 heteroatoms. The fourth-order valence-electron chi connectivity index (χ4n) is 1.82. The molecular weight excluding hydrogens is 340 g/mol. The van der Waals surface area contributed by atoms with Crippen molar-refractivity contribution in [1.29, 1.82) is 0 Å². The zero-order valence-electron chi connectivity index (χ0n) is 12.5. The summed E-state index contributed by atoms with van der Waals surface area (Å²) in [6.07, 6.45) is 1.41. The topological polar surface area (TPSA) is 72.7 Å². The number of thiocarbonyl (C=S) groups is 1. The van der Waals surface area contributed by atoms with Crippen molar-refractivity contribution >= 4 is 34.8 Å². The van der Waals surface area contributed by atoms with Gasteiger partial charge in [0, 0.05) is 17.6 Å². The lowest BCUT2D eigenvalue weighted by atomic mass is 10.2. The Morgan fingerprint density at radius 1 is 1.30 bits per heavy atom. The maximum Gasteiger partial charge on any atom is 0.293 e. The van der Waals surface area contributed by atoms with Crippen LogP contribution in [0.15, 0.2) is 34.9 Å². The van der Waals surface area contributed by atoms with E-state index in [0.717, 1.165) is 5.56 Å². The number of carbonyl (C=O) groups is 1. The minimum atomic E-state index is -0.425. The molecule has 0 bridgehead atoms. The van der Waals surface area contributed by atoms with Gasteiger partial charge in [0.1, 0.15) is 0 Å². The summed E-state index contributed by atoms with van der Waals surface area (Å²) in [5.74, 6) is 0.846. The first-order valence-corrected chi connectivity index (χ1v) is 7.37. The Labute approximate surface area is 143 Å². The van der Waals surface area contributed by atoms with Gasteiger partial charge in [-0.1, -0.05) is 11.6 Å². The minimum absolute atomic E-state index is 0.164. The van der Waals surface area contributed by atoms with Crippen molar-refractivity contribution < 1.29 is 18.7 Å². The van der Waals surface area contributed by atoms with Crippen molar-refractivity contribution in [3.05, 3.63) is 46.9 Å². The molecule has 0 aliphatic carbocycles. The van der Waals surface area contributed by atoms with Crippen molar-refractivity contribution in [2.24, 2.45) is 0 Å². The first-order valence-electron chi connectivity index (χ1n) is 6.58. The highest BCUT2D eigenvalue weighted by atomic mass is 35.5. The molecule has 1 aromatic heterocycles. The van der Waals surface area contributed by atoms with Gasteiger partial charge in [-0.2, -0.15) is 0 Å². The van der Waals surface area contributed by atoms with Crippen LogP contribution in [-0.4, -0.2) is 25.2 Å². The van der Waals surface area contributed by atoms with Crippen LogP contribution in [0.2, 0.25) is 5.02 Å². The average molecular weight is 355 g/mol. The number of carbonyl (C=O) groups excluding carboxylic acids is 1. The van der Waals surface area contributed by atoms with Crippen LogP contribution in [0.4, 0.5) is 0 Å². The fraction of sp³-hybridized carbons (Fsp3) is 0.200. The standard InChI is InChI=1S/C15H15ClN2O4S/c1-20-12-6-9(10(16)7-13(12)21-2)8-17-15(23)18-14(19)11-4-3-5-22-11/h3-7H,8H2,1-2H3,(H2,17,18,19,23). The molecule has 23 heavy (non-hydrogen) atoms. The van der Waals surface area contributed by atoms with Crippen LogP contribution >= 0.6 is 23.8 Å². The Bertz CT molecular complexity index is 704. The third kappa shape index (κ3) is 4.37. The van der Waals surface area contributed by atoms with Crippen LogP contribution < -0.4 is 20.1 Å². The highest BCUT2D eigenvalue weighted by Crippen LogP contribution is 2.32. The van der Waals surface area contributed by atoms with E-state index in [2.05, 4.69) is 10.6 Å². The van der Waals surface area contributed by atoms with Crippen molar-refractivity contribution in [2.45, 2.75) is 6.54 Å². The number of rotatable bonds is 5. The van der Waals surface area contributed by atoms with Crippen molar-refractivity contribution in [2.75, 3.05) is 14.2 Å². The summed E-state index contributed by atoms with van der Waals surface area (Å²) in [5.41, 5.74) is 0.749. The first kappa shape index (κ1) is 17.1.